The van der Waals surface area contributed by atoms with Gasteiger partial charge in [0.2, 0.25) is 5.91 Å². The van der Waals surface area contributed by atoms with E-state index in [4.69, 9.17) is 5.11 Å². The predicted molar refractivity (Wildman–Crippen MR) is 68.8 cm³/mol. The number of carbonyl (C=O) groups excluding carboxylic acids is 1. The molecule has 0 atom stereocenters. The van der Waals surface area contributed by atoms with Gasteiger partial charge in [0.1, 0.15) is 0 Å². The number of benzene rings is 1. The molecule has 0 unspecified atom stereocenters. The Balaban J connectivity index is 2.28. The number of hydrogen-bond donors (Lipinski definition) is 1. The molecule has 0 heterocycles. The molecule has 1 aromatic carbocycles. The third-order valence-electron chi connectivity index (χ3n) is 2.84. The predicted octanol–water partition coefficient (Wildman–Crippen LogP) is 1.77. The van der Waals surface area contributed by atoms with Crippen molar-refractivity contribution in [1.82, 2.24) is 4.90 Å². The quantitative estimate of drug-likeness (QED) is 0.816. The molecule has 0 radical (unpaired) electrons. The van der Waals surface area contributed by atoms with Gasteiger partial charge in [-0.05, 0) is 25.3 Å². The van der Waals surface area contributed by atoms with Crippen LogP contribution >= 0.6 is 0 Å². The molecule has 0 bridgehead atoms. The monoisotopic (exact) mass is 235 g/mol. The Morgan fingerprint density at radius 3 is 2.53 bits per heavy atom. The van der Waals surface area contributed by atoms with Crippen LogP contribution in [0, 0.1) is 6.92 Å². The number of amides is 1. The van der Waals surface area contributed by atoms with E-state index in [1.807, 2.05) is 0 Å². The fraction of sp³-hybridized carbons (Fsp3) is 0.500. The Morgan fingerprint density at radius 2 is 1.94 bits per heavy atom. The second kappa shape index (κ2) is 7.07. The van der Waals surface area contributed by atoms with Crippen molar-refractivity contribution in [3.8, 4) is 0 Å². The smallest absolute Gasteiger partial charge is 0.222 e. The molecule has 0 aliphatic heterocycles. The minimum Gasteiger partial charge on any atom is -0.395 e. The highest BCUT2D eigenvalue weighted by Gasteiger charge is 2.07. The van der Waals surface area contributed by atoms with E-state index in [2.05, 4.69) is 31.2 Å². The Kier molecular flexibility index (Phi) is 5.70. The van der Waals surface area contributed by atoms with E-state index < -0.39 is 0 Å². The van der Waals surface area contributed by atoms with E-state index >= 15 is 0 Å². The van der Waals surface area contributed by atoms with Crippen molar-refractivity contribution in [1.29, 1.82) is 0 Å². The van der Waals surface area contributed by atoms with Crippen molar-refractivity contribution >= 4 is 5.91 Å². The van der Waals surface area contributed by atoms with Crippen LogP contribution < -0.4 is 0 Å². The van der Waals surface area contributed by atoms with E-state index in [-0.39, 0.29) is 12.5 Å². The first-order valence-electron chi connectivity index (χ1n) is 6.04. The van der Waals surface area contributed by atoms with Crippen LogP contribution in [0.4, 0.5) is 0 Å². The summed E-state index contributed by atoms with van der Waals surface area (Å²) in [5, 5.41) is 8.72. The van der Waals surface area contributed by atoms with Gasteiger partial charge in [0.05, 0.1) is 6.61 Å². The maximum atomic E-state index is 11.6. The third kappa shape index (κ3) is 5.00. The standard InChI is InChI=1S/C14H21NO2/c1-12-6-8-13(9-7-12)4-3-5-14(17)15(2)10-11-16/h6-9,16H,3-5,10-11H2,1-2H3. The van der Waals surface area contributed by atoms with Gasteiger partial charge in [0.15, 0.2) is 0 Å². The molecule has 1 amide bonds. The second-order valence-corrected chi connectivity index (χ2v) is 4.38. The lowest BCUT2D eigenvalue weighted by molar-refractivity contribution is -0.130. The molecule has 1 rings (SSSR count). The van der Waals surface area contributed by atoms with Crippen LogP contribution in [0.3, 0.4) is 0 Å². The molecular formula is C14H21NO2. The Hall–Kier alpha value is -1.35. The highest BCUT2D eigenvalue weighted by atomic mass is 16.3. The Bertz CT molecular complexity index is 346. The summed E-state index contributed by atoms with van der Waals surface area (Å²) in [6.07, 6.45) is 2.33. The molecule has 0 spiro atoms. The van der Waals surface area contributed by atoms with Crippen LogP contribution in [0.5, 0.6) is 0 Å². The van der Waals surface area contributed by atoms with Crippen LogP contribution in [-0.2, 0) is 11.2 Å². The van der Waals surface area contributed by atoms with E-state index in [1.54, 1.807) is 11.9 Å². The molecule has 0 aromatic heterocycles. The molecule has 0 saturated carbocycles. The van der Waals surface area contributed by atoms with Gasteiger partial charge in [0.25, 0.3) is 0 Å². The average molecular weight is 235 g/mol. The molecule has 3 heteroatoms. The van der Waals surface area contributed by atoms with Crippen molar-refractivity contribution in [2.75, 3.05) is 20.2 Å². The largest absolute Gasteiger partial charge is 0.395 e. The molecule has 0 fully saturated rings. The molecule has 1 aromatic rings. The molecule has 1 N–H and O–H groups in total. The minimum atomic E-state index is 0.0280. The van der Waals surface area contributed by atoms with Gasteiger partial charge >= 0.3 is 0 Å². The lowest BCUT2D eigenvalue weighted by Gasteiger charge is -2.15. The van der Waals surface area contributed by atoms with E-state index in [9.17, 15) is 4.79 Å². The lowest BCUT2D eigenvalue weighted by atomic mass is 10.1. The zero-order valence-corrected chi connectivity index (χ0v) is 10.6. The second-order valence-electron chi connectivity index (χ2n) is 4.38. The van der Waals surface area contributed by atoms with Crippen LogP contribution in [0.15, 0.2) is 24.3 Å². The molecule has 0 aliphatic rings. The number of hydrogen-bond acceptors (Lipinski definition) is 2. The van der Waals surface area contributed by atoms with E-state index in [0.717, 1.165) is 12.8 Å². The van der Waals surface area contributed by atoms with Gasteiger partial charge < -0.3 is 10.0 Å². The van der Waals surface area contributed by atoms with Gasteiger partial charge in [-0.15, -0.1) is 0 Å². The zero-order valence-electron chi connectivity index (χ0n) is 10.6. The molecule has 0 aliphatic carbocycles. The first-order chi connectivity index (χ1) is 8.13. The first-order valence-corrected chi connectivity index (χ1v) is 6.04. The Morgan fingerprint density at radius 1 is 1.29 bits per heavy atom. The number of aliphatic hydroxyl groups is 1. The average Bonchev–Trinajstić information content (AvgIpc) is 2.32. The minimum absolute atomic E-state index is 0.0280. The van der Waals surface area contributed by atoms with Gasteiger partial charge in [0, 0.05) is 20.0 Å². The third-order valence-corrected chi connectivity index (χ3v) is 2.84. The van der Waals surface area contributed by atoms with Crippen molar-refractivity contribution < 1.29 is 9.90 Å². The van der Waals surface area contributed by atoms with Crippen molar-refractivity contribution in [3.05, 3.63) is 35.4 Å². The molecule has 0 saturated heterocycles. The number of likely N-dealkylation sites (N-methyl/N-ethyl adjacent to an activating group) is 1. The maximum Gasteiger partial charge on any atom is 0.222 e. The topological polar surface area (TPSA) is 40.5 Å². The van der Waals surface area contributed by atoms with Crippen molar-refractivity contribution in [2.45, 2.75) is 26.2 Å². The Labute approximate surface area is 103 Å². The fourth-order valence-corrected chi connectivity index (χ4v) is 1.66. The summed E-state index contributed by atoms with van der Waals surface area (Å²) in [5.74, 6) is 0.103. The van der Waals surface area contributed by atoms with Gasteiger partial charge in [-0.2, -0.15) is 0 Å². The van der Waals surface area contributed by atoms with E-state index in [0.29, 0.717) is 13.0 Å². The number of aryl methyl sites for hydroxylation is 2. The summed E-state index contributed by atoms with van der Waals surface area (Å²) in [5.41, 5.74) is 2.53. The summed E-state index contributed by atoms with van der Waals surface area (Å²) < 4.78 is 0. The van der Waals surface area contributed by atoms with Gasteiger partial charge in [-0.3, -0.25) is 4.79 Å². The van der Waals surface area contributed by atoms with Crippen LogP contribution in [-0.4, -0.2) is 36.1 Å². The van der Waals surface area contributed by atoms with Crippen molar-refractivity contribution in [3.63, 3.8) is 0 Å². The summed E-state index contributed by atoms with van der Waals surface area (Å²) in [6, 6.07) is 8.40. The number of rotatable bonds is 6. The lowest BCUT2D eigenvalue weighted by Crippen LogP contribution is -2.29. The van der Waals surface area contributed by atoms with Crippen LogP contribution in [0.2, 0.25) is 0 Å². The van der Waals surface area contributed by atoms with Crippen LogP contribution in [0.25, 0.3) is 0 Å². The van der Waals surface area contributed by atoms with Crippen molar-refractivity contribution in [2.24, 2.45) is 0 Å². The highest BCUT2D eigenvalue weighted by molar-refractivity contribution is 5.75. The number of aliphatic hydroxyl groups excluding tert-OH is 1. The summed E-state index contributed by atoms with van der Waals surface area (Å²) in [7, 11) is 1.73. The maximum absolute atomic E-state index is 11.6. The molecule has 17 heavy (non-hydrogen) atoms. The summed E-state index contributed by atoms with van der Waals surface area (Å²) in [6.45, 7) is 2.51. The normalized spacial score (nSPS) is 10.3. The first kappa shape index (κ1) is 13.7. The van der Waals surface area contributed by atoms with Crippen LogP contribution in [0.1, 0.15) is 24.0 Å². The fourth-order valence-electron chi connectivity index (χ4n) is 1.66. The van der Waals surface area contributed by atoms with E-state index in [1.165, 1.54) is 11.1 Å². The molecule has 94 valence electrons. The zero-order chi connectivity index (χ0) is 12.7. The molecular weight excluding hydrogens is 214 g/mol. The van der Waals surface area contributed by atoms with Gasteiger partial charge in [-0.25, -0.2) is 0 Å². The van der Waals surface area contributed by atoms with Gasteiger partial charge in [-0.1, -0.05) is 29.8 Å². The SMILES string of the molecule is Cc1ccc(CCCC(=O)N(C)CCO)cc1. The number of nitrogens with zero attached hydrogens (tertiary/aromatic N) is 1. The highest BCUT2D eigenvalue weighted by Crippen LogP contribution is 2.07. The molecule has 3 nitrogen and oxygen atoms in total. The summed E-state index contributed by atoms with van der Waals surface area (Å²) in [4.78, 5) is 13.2. The summed E-state index contributed by atoms with van der Waals surface area (Å²) >= 11 is 0. The number of carbonyl (C=O) groups is 1.